The number of ether oxygens (including phenoxy) is 2. The van der Waals surface area contributed by atoms with E-state index < -0.39 is 6.16 Å². The predicted molar refractivity (Wildman–Crippen MR) is 54.7 cm³/mol. The lowest BCUT2D eigenvalue weighted by Crippen LogP contribution is -2.44. The van der Waals surface area contributed by atoms with Gasteiger partial charge in [0.15, 0.2) is 6.10 Å². The summed E-state index contributed by atoms with van der Waals surface area (Å²) in [5, 5.41) is 3.29. The monoisotopic (exact) mass is 214 g/mol. The first-order valence-electron chi connectivity index (χ1n) is 5.51. The van der Waals surface area contributed by atoms with Crippen LogP contribution in [0.4, 0.5) is 4.79 Å². The highest BCUT2D eigenvalue weighted by molar-refractivity contribution is 5.61. The molecule has 0 spiro atoms. The number of cyclic esters (lactones) is 2. The summed E-state index contributed by atoms with van der Waals surface area (Å²) in [6.45, 7) is 3.35. The van der Waals surface area contributed by atoms with E-state index in [9.17, 15) is 4.79 Å². The van der Waals surface area contributed by atoms with Crippen LogP contribution in [-0.4, -0.2) is 56.5 Å². The molecule has 0 aromatic carbocycles. The van der Waals surface area contributed by atoms with Gasteiger partial charge in [-0.05, 0) is 33.0 Å². The Balaban J connectivity index is 1.70. The first-order chi connectivity index (χ1) is 7.28. The second-order valence-corrected chi connectivity index (χ2v) is 4.16. The lowest BCUT2D eigenvalue weighted by Gasteiger charge is -2.32. The molecule has 0 saturated carbocycles. The van der Waals surface area contributed by atoms with Crippen LogP contribution in [-0.2, 0) is 9.47 Å². The van der Waals surface area contributed by atoms with Crippen molar-refractivity contribution in [1.82, 2.24) is 10.2 Å². The minimum Gasteiger partial charge on any atom is -0.430 e. The third kappa shape index (κ3) is 2.82. The van der Waals surface area contributed by atoms with Crippen molar-refractivity contribution in [1.29, 1.82) is 0 Å². The third-order valence-electron chi connectivity index (χ3n) is 3.11. The van der Waals surface area contributed by atoms with Crippen LogP contribution in [0.15, 0.2) is 0 Å². The summed E-state index contributed by atoms with van der Waals surface area (Å²) < 4.78 is 9.75. The molecule has 0 bridgehead atoms. The van der Waals surface area contributed by atoms with Gasteiger partial charge in [0.25, 0.3) is 0 Å². The van der Waals surface area contributed by atoms with Crippen molar-refractivity contribution in [3.63, 3.8) is 0 Å². The van der Waals surface area contributed by atoms with Crippen molar-refractivity contribution in [2.24, 2.45) is 0 Å². The van der Waals surface area contributed by atoms with Gasteiger partial charge < -0.3 is 14.8 Å². The Morgan fingerprint density at radius 3 is 2.73 bits per heavy atom. The number of rotatable bonds is 3. The number of carbonyl (C=O) groups is 1. The van der Waals surface area contributed by atoms with E-state index in [1.807, 2.05) is 7.05 Å². The van der Waals surface area contributed by atoms with E-state index in [1.165, 1.54) is 0 Å². The van der Waals surface area contributed by atoms with E-state index >= 15 is 0 Å². The number of hydrogen-bond acceptors (Lipinski definition) is 5. The Kier molecular flexibility index (Phi) is 3.43. The highest BCUT2D eigenvalue weighted by Crippen LogP contribution is 2.13. The third-order valence-corrected chi connectivity index (χ3v) is 3.11. The fourth-order valence-electron chi connectivity index (χ4n) is 2.15. The van der Waals surface area contributed by atoms with Gasteiger partial charge in [0.05, 0.1) is 0 Å². The van der Waals surface area contributed by atoms with Gasteiger partial charge in [-0.15, -0.1) is 0 Å². The van der Waals surface area contributed by atoms with Gasteiger partial charge in [-0.3, -0.25) is 4.90 Å². The van der Waals surface area contributed by atoms with Crippen LogP contribution in [0.1, 0.15) is 12.8 Å². The van der Waals surface area contributed by atoms with Crippen molar-refractivity contribution in [2.75, 3.05) is 33.3 Å². The molecule has 5 nitrogen and oxygen atoms in total. The SMILES string of the molecule is CNC1CCN(CC2COC(=O)O2)CC1. The standard InChI is InChI=1S/C10H18N2O3/c1-11-8-2-4-12(5-3-8)6-9-7-14-10(13)15-9/h8-9,11H,2-7H2,1H3. The molecule has 2 heterocycles. The van der Waals surface area contributed by atoms with E-state index in [-0.39, 0.29) is 6.10 Å². The molecular weight excluding hydrogens is 196 g/mol. The molecule has 5 heteroatoms. The van der Waals surface area contributed by atoms with Crippen LogP contribution in [0.25, 0.3) is 0 Å². The summed E-state index contributed by atoms with van der Waals surface area (Å²) >= 11 is 0. The highest BCUT2D eigenvalue weighted by atomic mass is 16.8. The average molecular weight is 214 g/mol. The summed E-state index contributed by atoms with van der Waals surface area (Å²) in [7, 11) is 2.01. The molecule has 1 unspecified atom stereocenters. The molecule has 0 aliphatic carbocycles. The van der Waals surface area contributed by atoms with E-state index in [2.05, 4.69) is 10.2 Å². The Hall–Kier alpha value is -0.810. The van der Waals surface area contributed by atoms with Crippen LogP contribution >= 0.6 is 0 Å². The van der Waals surface area contributed by atoms with Crippen LogP contribution in [0, 0.1) is 0 Å². The molecule has 86 valence electrons. The van der Waals surface area contributed by atoms with Crippen molar-refractivity contribution in [3.8, 4) is 0 Å². The Bertz CT molecular complexity index is 227. The largest absolute Gasteiger partial charge is 0.508 e. The maximum absolute atomic E-state index is 10.7. The molecule has 15 heavy (non-hydrogen) atoms. The smallest absolute Gasteiger partial charge is 0.430 e. The number of likely N-dealkylation sites (tertiary alicyclic amines) is 1. The molecule has 2 saturated heterocycles. The zero-order valence-electron chi connectivity index (χ0n) is 9.07. The Morgan fingerprint density at radius 2 is 2.20 bits per heavy atom. The van der Waals surface area contributed by atoms with Crippen LogP contribution < -0.4 is 5.32 Å². The maximum Gasteiger partial charge on any atom is 0.508 e. The number of nitrogens with one attached hydrogen (secondary N) is 1. The normalized spacial score (nSPS) is 28.9. The van der Waals surface area contributed by atoms with Crippen molar-refractivity contribution in [2.45, 2.75) is 25.0 Å². The van der Waals surface area contributed by atoms with E-state index in [0.29, 0.717) is 12.6 Å². The van der Waals surface area contributed by atoms with Gasteiger partial charge in [0.2, 0.25) is 0 Å². The molecule has 1 atom stereocenters. The molecular formula is C10H18N2O3. The van der Waals surface area contributed by atoms with E-state index in [1.54, 1.807) is 0 Å². The van der Waals surface area contributed by atoms with Crippen molar-refractivity contribution >= 4 is 6.16 Å². The molecule has 2 rings (SSSR count). The predicted octanol–water partition coefficient (Wildman–Crippen LogP) is 0.206. The first kappa shape index (κ1) is 10.7. The first-order valence-corrected chi connectivity index (χ1v) is 5.51. The van der Waals surface area contributed by atoms with Crippen molar-refractivity contribution < 1.29 is 14.3 Å². The van der Waals surface area contributed by atoms with E-state index in [0.717, 1.165) is 32.5 Å². The fraction of sp³-hybridized carbons (Fsp3) is 0.900. The molecule has 2 aliphatic heterocycles. The summed E-state index contributed by atoms with van der Waals surface area (Å²) in [4.78, 5) is 13.1. The topological polar surface area (TPSA) is 50.8 Å². The number of piperidine rings is 1. The molecule has 2 aliphatic rings. The van der Waals surface area contributed by atoms with E-state index in [4.69, 9.17) is 9.47 Å². The average Bonchev–Trinajstić information content (AvgIpc) is 2.65. The van der Waals surface area contributed by atoms with Crippen LogP contribution in [0.5, 0.6) is 0 Å². The van der Waals surface area contributed by atoms with Gasteiger partial charge in [0, 0.05) is 12.6 Å². The second-order valence-electron chi connectivity index (χ2n) is 4.16. The fourth-order valence-corrected chi connectivity index (χ4v) is 2.15. The van der Waals surface area contributed by atoms with Gasteiger partial charge in [-0.2, -0.15) is 0 Å². The number of nitrogens with zero attached hydrogens (tertiary/aromatic N) is 1. The second kappa shape index (κ2) is 4.81. The maximum atomic E-state index is 10.7. The summed E-state index contributed by atoms with van der Waals surface area (Å²) in [6, 6.07) is 0.642. The molecule has 1 N–H and O–H groups in total. The van der Waals surface area contributed by atoms with Gasteiger partial charge in [-0.25, -0.2) is 4.79 Å². The zero-order valence-corrected chi connectivity index (χ0v) is 9.07. The Morgan fingerprint density at radius 1 is 1.47 bits per heavy atom. The quantitative estimate of drug-likeness (QED) is 0.680. The minimum atomic E-state index is -0.523. The summed E-state index contributed by atoms with van der Waals surface area (Å²) in [6.07, 6.45) is 1.74. The lowest BCUT2D eigenvalue weighted by atomic mass is 10.1. The number of hydrogen-bond donors (Lipinski definition) is 1. The van der Waals surface area contributed by atoms with Crippen LogP contribution in [0.2, 0.25) is 0 Å². The highest BCUT2D eigenvalue weighted by Gasteiger charge is 2.28. The lowest BCUT2D eigenvalue weighted by molar-refractivity contribution is 0.0921. The zero-order chi connectivity index (χ0) is 10.7. The van der Waals surface area contributed by atoms with Gasteiger partial charge >= 0.3 is 6.16 Å². The van der Waals surface area contributed by atoms with Crippen molar-refractivity contribution in [3.05, 3.63) is 0 Å². The number of carbonyl (C=O) groups excluding carboxylic acids is 1. The van der Waals surface area contributed by atoms with Gasteiger partial charge in [0.1, 0.15) is 6.61 Å². The summed E-state index contributed by atoms with van der Waals surface area (Å²) in [5.41, 5.74) is 0. The Labute approximate surface area is 89.7 Å². The molecule has 0 aromatic heterocycles. The molecule has 2 fully saturated rings. The minimum absolute atomic E-state index is 0.0661. The molecule has 0 radical (unpaired) electrons. The van der Waals surface area contributed by atoms with Crippen LogP contribution in [0.3, 0.4) is 0 Å². The van der Waals surface area contributed by atoms with Gasteiger partial charge in [-0.1, -0.05) is 0 Å². The molecule has 0 amide bonds. The molecule has 0 aromatic rings. The summed E-state index contributed by atoms with van der Waals surface area (Å²) in [5.74, 6) is 0.